The Bertz CT molecular complexity index is 569. The topological polar surface area (TPSA) is 21.3 Å². The largest absolute Gasteiger partial charge is 0.457 e. The van der Waals surface area contributed by atoms with Crippen LogP contribution in [0.5, 0.6) is 11.5 Å². The average molecular weight is 355 g/mol. The molecule has 0 atom stereocenters. The van der Waals surface area contributed by atoms with E-state index in [1.165, 1.54) is 0 Å². The highest BCUT2D eigenvalue weighted by molar-refractivity contribution is 9.10. The summed E-state index contributed by atoms with van der Waals surface area (Å²) in [4.78, 5) is 0. The normalized spacial score (nSPS) is 10.8. The first-order valence-electron chi connectivity index (χ1n) is 6.50. The molecule has 1 N–H and O–H groups in total. The highest BCUT2D eigenvalue weighted by Crippen LogP contribution is 2.28. The Balaban J connectivity index is 2.19. The SMILES string of the molecule is CC(C)NCc1cc(Br)ccc1Oc1ccc(Cl)cc1. The molecule has 0 saturated carbocycles. The maximum absolute atomic E-state index is 5.93. The lowest BCUT2D eigenvalue weighted by Gasteiger charge is -2.14. The van der Waals surface area contributed by atoms with Crippen molar-refractivity contribution in [3.8, 4) is 11.5 Å². The van der Waals surface area contributed by atoms with Crippen molar-refractivity contribution in [3.63, 3.8) is 0 Å². The fraction of sp³-hybridized carbons (Fsp3) is 0.250. The lowest BCUT2D eigenvalue weighted by Crippen LogP contribution is -2.22. The van der Waals surface area contributed by atoms with Gasteiger partial charge in [-0.25, -0.2) is 0 Å². The lowest BCUT2D eigenvalue weighted by molar-refractivity contribution is 0.469. The Kier molecular flexibility index (Phi) is 5.46. The molecule has 0 aliphatic rings. The molecule has 0 spiro atoms. The summed E-state index contributed by atoms with van der Waals surface area (Å²) in [5.41, 5.74) is 1.11. The maximum atomic E-state index is 5.93. The van der Waals surface area contributed by atoms with Crippen molar-refractivity contribution in [2.45, 2.75) is 26.4 Å². The number of hydrogen-bond acceptors (Lipinski definition) is 2. The van der Waals surface area contributed by atoms with Crippen molar-refractivity contribution in [3.05, 3.63) is 57.5 Å². The minimum absolute atomic E-state index is 0.428. The molecule has 2 nitrogen and oxygen atoms in total. The van der Waals surface area contributed by atoms with Gasteiger partial charge in [0.15, 0.2) is 0 Å². The second-order valence-corrected chi connectivity index (χ2v) is 6.20. The van der Waals surface area contributed by atoms with Crippen LogP contribution in [0.2, 0.25) is 5.02 Å². The minimum Gasteiger partial charge on any atom is -0.457 e. The van der Waals surface area contributed by atoms with Crippen LogP contribution in [-0.4, -0.2) is 6.04 Å². The van der Waals surface area contributed by atoms with Crippen molar-refractivity contribution in [2.24, 2.45) is 0 Å². The van der Waals surface area contributed by atoms with E-state index in [0.29, 0.717) is 11.1 Å². The van der Waals surface area contributed by atoms with Gasteiger partial charge in [0.2, 0.25) is 0 Å². The van der Waals surface area contributed by atoms with Crippen LogP contribution in [0.4, 0.5) is 0 Å². The van der Waals surface area contributed by atoms with Gasteiger partial charge in [0.05, 0.1) is 0 Å². The first-order chi connectivity index (χ1) is 9.54. The molecular weight excluding hydrogens is 338 g/mol. The van der Waals surface area contributed by atoms with E-state index in [0.717, 1.165) is 28.1 Å². The Morgan fingerprint density at radius 2 is 1.85 bits per heavy atom. The molecule has 2 aromatic carbocycles. The van der Waals surface area contributed by atoms with E-state index in [1.54, 1.807) is 0 Å². The van der Waals surface area contributed by atoms with Crippen LogP contribution in [0.15, 0.2) is 46.9 Å². The molecule has 20 heavy (non-hydrogen) atoms. The van der Waals surface area contributed by atoms with Crippen LogP contribution >= 0.6 is 27.5 Å². The Morgan fingerprint density at radius 1 is 1.15 bits per heavy atom. The fourth-order valence-corrected chi connectivity index (χ4v) is 2.26. The Hall–Kier alpha value is -1.03. The highest BCUT2D eigenvalue weighted by Gasteiger charge is 2.07. The van der Waals surface area contributed by atoms with Crippen LogP contribution in [0.3, 0.4) is 0 Å². The van der Waals surface area contributed by atoms with Crippen LogP contribution in [0, 0.1) is 0 Å². The smallest absolute Gasteiger partial charge is 0.131 e. The van der Waals surface area contributed by atoms with Gasteiger partial charge < -0.3 is 10.1 Å². The second kappa shape index (κ2) is 7.11. The van der Waals surface area contributed by atoms with Crippen LogP contribution in [0.1, 0.15) is 19.4 Å². The molecule has 0 bridgehead atoms. The predicted molar refractivity (Wildman–Crippen MR) is 87.6 cm³/mol. The summed E-state index contributed by atoms with van der Waals surface area (Å²) in [6.07, 6.45) is 0. The number of nitrogens with one attached hydrogen (secondary N) is 1. The molecule has 0 radical (unpaired) electrons. The molecule has 0 aliphatic carbocycles. The second-order valence-electron chi connectivity index (χ2n) is 4.84. The molecule has 0 fully saturated rings. The van der Waals surface area contributed by atoms with Crippen molar-refractivity contribution < 1.29 is 4.74 Å². The zero-order valence-electron chi connectivity index (χ0n) is 11.5. The molecule has 0 unspecified atom stereocenters. The predicted octanol–water partition coefficient (Wildman–Crippen LogP) is 5.39. The molecule has 4 heteroatoms. The van der Waals surface area contributed by atoms with Gasteiger partial charge in [-0.1, -0.05) is 41.4 Å². The van der Waals surface area contributed by atoms with Crippen molar-refractivity contribution >= 4 is 27.5 Å². The molecular formula is C16H17BrClNO. The van der Waals surface area contributed by atoms with E-state index < -0.39 is 0 Å². The van der Waals surface area contributed by atoms with Gasteiger partial charge in [0.1, 0.15) is 11.5 Å². The molecule has 0 aliphatic heterocycles. The Labute approximate surface area is 133 Å². The lowest BCUT2D eigenvalue weighted by atomic mass is 10.2. The van der Waals surface area contributed by atoms with Crippen molar-refractivity contribution in [1.29, 1.82) is 0 Å². The van der Waals surface area contributed by atoms with E-state index in [9.17, 15) is 0 Å². The summed E-state index contributed by atoms with van der Waals surface area (Å²) in [7, 11) is 0. The van der Waals surface area contributed by atoms with Gasteiger partial charge in [-0.05, 0) is 42.5 Å². The highest BCUT2D eigenvalue weighted by atomic mass is 79.9. The molecule has 2 aromatic rings. The van der Waals surface area contributed by atoms with Crippen LogP contribution in [0.25, 0.3) is 0 Å². The molecule has 106 valence electrons. The first kappa shape index (κ1) is 15.4. The van der Waals surface area contributed by atoms with Crippen LogP contribution in [-0.2, 0) is 6.54 Å². The third-order valence-electron chi connectivity index (χ3n) is 2.76. The first-order valence-corrected chi connectivity index (χ1v) is 7.67. The number of benzene rings is 2. The summed E-state index contributed by atoms with van der Waals surface area (Å²) < 4.78 is 6.98. The van der Waals surface area contributed by atoms with E-state index in [4.69, 9.17) is 16.3 Å². The van der Waals surface area contributed by atoms with Gasteiger partial charge in [-0.15, -0.1) is 0 Å². The van der Waals surface area contributed by atoms with E-state index in [-0.39, 0.29) is 0 Å². The van der Waals surface area contributed by atoms with Crippen molar-refractivity contribution in [1.82, 2.24) is 5.32 Å². The molecule has 0 aromatic heterocycles. The average Bonchev–Trinajstić information content (AvgIpc) is 2.41. The maximum Gasteiger partial charge on any atom is 0.131 e. The molecule has 0 amide bonds. The number of hydrogen-bond donors (Lipinski definition) is 1. The van der Waals surface area contributed by atoms with Gasteiger partial charge in [0.25, 0.3) is 0 Å². The summed E-state index contributed by atoms with van der Waals surface area (Å²) in [6, 6.07) is 13.8. The van der Waals surface area contributed by atoms with E-state index >= 15 is 0 Å². The molecule has 0 saturated heterocycles. The monoisotopic (exact) mass is 353 g/mol. The van der Waals surface area contributed by atoms with Gasteiger partial charge >= 0.3 is 0 Å². The number of halogens is 2. The zero-order valence-corrected chi connectivity index (χ0v) is 13.8. The van der Waals surface area contributed by atoms with Gasteiger partial charge in [-0.2, -0.15) is 0 Å². The number of ether oxygens (including phenoxy) is 1. The van der Waals surface area contributed by atoms with Gasteiger partial charge in [0, 0.05) is 27.6 Å². The van der Waals surface area contributed by atoms with Crippen LogP contribution < -0.4 is 10.1 Å². The minimum atomic E-state index is 0.428. The molecule has 0 heterocycles. The standard InChI is InChI=1S/C16H17BrClNO/c1-11(2)19-10-12-9-13(17)3-8-16(12)20-15-6-4-14(18)5-7-15/h3-9,11,19H,10H2,1-2H3. The summed E-state index contributed by atoms with van der Waals surface area (Å²) in [5.74, 6) is 1.63. The van der Waals surface area contributed by atoms with Crippen molar-refractivity contribution in [2.75, 3.05) is 0 Å². The van der Waals surface area contributed by atoms with Gasteiger partial charge in [-0.3, -0.25) is 0 Å². The quantitative estimate of drug-likeness (QED) is 0.777. The summed E-state index contributed by atoms with van der Waals surface area (Å²) in [5, 5.41) is 4.11. The fourth-order valence-electron chi connectivity index (χ4n) is 1.73. The van der Waals surface area contributed by atoms with E-state index in [1.807, 2.05) is 36.4 Å². The molecule has 2 rings (SSSR count). The summed E-state index contributed by atoms with van der Waals surface area (Å²) in [6.45, 7) is 5.01. The summed E-state index contributed by atoms with van der Waals surface area (Å²) >= 11 is 9.38. The third-order valence-corrected chi connectivity index (χ3v) is 3.51. The van der Waals surface area contributed by atoms with E-state index in [2.05, 4.69) is 41.2 Å². The number of rotatable bonds is 5. The Morgan fingerprint density at radius 3 is 2.50 bits per heavy atom. The third kappa shape index (κ3) is 4.51. The zero-order chi connectivity index (χ0) is 14.5.